The van der Waals surface area contributed by atoms with E-state index >= 15 is 0 Å². The Labute approximate surface area is 175 Å². The fourth-order valence-corrected chi connectivity index (χ4v) is 4.86. The van der Waals surface area contributed by atoms with Crippen LogP contribution in [-0.2, 0) is 23.9 Å². The number of carbonyl (C=O) groups is 3. The van der Waals surface area contributed by atoms with E-state index in [1.54, 1.807) is 0 Å². The van der Waals surface area contributed by atoms with Gasteiger partial charge in [-0.2, -0.15) is 0 Å². The maximum Gasteiger partial charge on any atom is 0.337 e. The Morgan fingerprint density at radius 1 is 1.38 bits per heavy atom. The van der Waals surface area contributed by atoms with Gasteiger partial charge in [-0.05, 0) is 44.1 Å². The summed E-state index contributed by atoms with van der Waals surface area (Å²) in [5, 5.41) is 5.18. The van der Waals surface area contributed by atoms with Crippen molar-refractivity contribution in [3.8, 4) is 0 Å². The minimum absolute atomic E-state index is 0.188. The first-order valence-electron chi connectivity index (χ1n) is 9.87. The molecule has 0 unspecified atom stereocenters. The van der Waals surface area contributed by atoms with Crippen LogP contribution in [0.4, 0.5) is 0 Å². The van der Waals surface area contributed by atoms with Gasteiger partial charge < -0.3 is 14.8 Å². The van der Waals surface area contributed by atoms with Crippen molar-refractivity contribution in [1.29, 1.82) is 0 Å². The lowest BCUT2D eigenvalue weighted by molar-refractivity contribution is -0.151. The van der Waals surface area contributed by atoms with Gasteiger partial charge in [-0.3, -0.25) is 9.59 Å². The number of nitrogens with one attached hydrogen (secondary N) is 1. The van der Waals surface area contributed by atoms with E-state index in [-0.39, 0.29) is 17.8 Å². The molecule has 1 aliphatic heterocycles. The van der Waals surface area contributed by atoms with Gasteiger partial charge in [-0.1, -0.05) is 19.9 Å². The fraction of sp³-hybridized carbons (Fsp3) is 0.500. The van der Waals surface area contributed by atoms with E-state index in [1.165, 1.54) is 18.4 Å². The Morgan fingerprint density at radius 3 is 2.69 bits per heavy atom. The molecule has 1 aromatic heterocycles. The van der Waals surface area contributed by atoms with E-state index in [2.05, 4.69) is 5.32 Å². The van der Waals surface area contributed by atoms with Crippen LogP contribution in [0, 0.1) is 11.8 Å². The number of methoxy groups -OCH3 is 1. The quantitative estimate of drug-likeness (QED) is 0.581. The summed E-state index contributed by atoms with van der Waals surface area (Å²) in [5.74, 6) is -2.85. The number of ketones is 1. The number of allylic oxidation sites excluding steroid dienone is 3. The molecule has 2 aliphatic rings. The van der Waals surface area contributed by atoms with E-state index in [0.717, 1.165) is 10.6 Å². The number of rotatable bonds is 5. The third-order valence-corrected chi connectivity index (χ3v) is 6.61. The molecule has 0 bridgehead atoms. The normalized spacial score (nSPS) is 25.3. The molecule has 156 valence electrons. The summed E-state index contributed by atoms with van der Waals surface area (Å²) in [6.07, 6.45) is 1.00. The Morgan fingerprint density at radius 2 is 2.10 bits per heavy atom. The van der Waals surface area contributed by atoms with Gasteiger partial charge in [-0.25, -0.2) is 4.79 Å². The first-order valence-corrected chi connectivity index (χ1v) is 10.7. The lowest BCUT2D eigenvalue weighted by Crippen LogP contribution is -2.43. The molecule has 29 heavy (non-hydrogen) atoms. The summed E-state index contributed by atoms with van der Waals surface area (Å²) in [4.78, 5) is 39.7. The van der Waals surface area contributed by atoms with Crippen molar-refractivity contribution in [2.45, 2.75) is 52.6 Å². The number of thiophene rings is 1. The van der Waals surface area contributed by atoms with E-state index in [0.29, 0.717) is 29.7 Å². The SMILES string of the molecule is CC[C@@H](C)OC(=O)C1=C(C)NC2=C(C(=O)[C@@H](C(=O)OC)[C@@H](C)C2)[C@@H]1c1cccs1. The molecule has 1 aliphatic carbocycles. The number of esters is 2. The number of ether oxygens (including phenoxy) is 2. The summed E-state index contributed by atoms with van der Waals surface area (Å²) >= 11 is 1.48. The smallest absolute Gasteiger partial charge is 0.337 e. The van der Waals surface area contributed by atoms with Gasteiger partial charge in [0, 0.05) is 21.8 Å². The van der Waals surface area contributed by atoms with Gasteiger partial charge in [0.2, 0.25) is 0 Å². The number of hydrogen-bond donors (Lipinski definition) is 1. The minimum Gasteiger partial charge on any atom is -0.468 e. The van der Waals surface area contributed by atoms with Crippen molar-refractivity contribution < 1.29 is 23.9 Å². The van der Waals surface area contributed by atoms with Crippen molar-refractivity contribution in [2.24, 2.45) is 11.8 Å². The summed E-state index contributed by atoms with van der Waals surface area (Å²) in [6.45, 7) is 7.49. The summed E-state index contributed by atoms with van der Waals surface area (Å²) in [6, 6.07) is 3.80. The molecule has 0 saturated heterocycles. The first kappa shape index (κ1) is 21.3. The van der Waals surface area contributed by atoms with Crippen LogP contribution < -0.4 is 5.32 Å². The number of Topliss-reactive ketones (excluding diaryl/α,β-unsaturated/α-hetero) is 1. The molecule has 0 radical (unpaired) electrons. The predicted octanol–water partition coefficient (Wildman–Crippen LogP) is 3.70. The van der Waals surface area contributed by atoms with Crippen LogP contribution in [0.15, 0.2) is 40.1 Å². The molecule has 0 saturated carbocycles. The zero-order chi connectivity index (χ0) is 21.3. The number of dihydropyridines is 1. The predicted molar refractivity (Wildman–Crippen MR) is 110 cm³/mol. The number of carbonyl (C=O) groups excluding carboxylic acids is 3. The minimum atomic E-state index is -0.867. The monoisotopic (exact) mass is 417 g/mol. The van der Waals surface area contributed by atoms with Gasteiger partial charge in [-0.15, -0.1) is 11.3 Å². The lowest BCUT2D eigenvalue weighted by Gasteiger charge is -2.38. The van der Waals surface area contributed by atoms with Crippen LogP contribution in [0.3, 0.4) is 0 Å². The molecule has 3 rings (SSSR count). The molecule has 2 heterocycles. The van der Waals surface area contributed by atoms with E-state index in [1.807, 2.05) is 45.2 Å². The van der Waals surface area contributed by atoms with Crippen molar-refractivity contribution in [3.05, 3.63) is 44.9 Å². The summed E-state index contributed by atoms with van der Waals surface area (Å²) in [7, 11) is 1.29. The van der Waals surface area contributed by atoms with Gasteiger partial charge in [0.05, 0.1) is 24.7 Å². The standard InChI is InChI=1S/C22H27NO5S/c1-6-12(3)28-22(26)17-13(4)23-14-10-11(2)16(21(25)27-5)20(24)18(14)19(17)15-8-7-9-29-15/h7-9,11-12,16,19,23H,6,10H2,1-5H3/t11-,12+,16-,19+/m0/s1. The van der Waals surface area contributed by atoms with E-state index in [9.17, 15) is 14.4 Å². The molecule has 7 heteroatoms. The average Bonchev–Trinajstić information content (AvgIpc) is 3.20. The Balaban J connectivity index is 2.10. The van der Waals surface area contributed by atoms with Crippen LogP contribution in [-0.4, -0.2) is 30.9 Å². The highest BCUT2D eigenvalue weighted by Crippen LogP contribution is 2.46. The van der Waals surface area contributed by atoms with Crippen molar-refractivity contribution >= 4 is 29.1 Å². The van der Waals surface area contributed by atoms with Crippen LogP contribution in [0.2, 0.25) is 0 Å². The third-order valence-electron chi connectivity index (χ3n) is 5.67. The highest BCUT2D eigenvalue weighted by atomic mass is 32.1. The molecule has 6 nitrogen and oxygen atoms in total. The molecule has 1 aromatic rings. The van der Waals surface area contributed by atoms with E-state index in [4.69, 9.17) is 9.47 Å². The molecule has 0 spiro atoms. The lowest BCUT2D eigenvalue weighted by atomic mass is 9.70. The molecular weight excluding hydrogens is 390 g/mol. The Bertz CT molecular complexity index is 883. The fourth-order valence-electron chi connectivity index (χ4n) is 4.02. The van der Waals surface area contributed by atoms with Gasteiger partial charge in [0.1, 0.15) is 5.92 Å². The van der Waals surface area contributed by atoms with Gasteiger partial charge >= 0.3 is 11.9 Å². The second-order valence-electron chi connectivity index (χ2n) is 7.67. The molecule has 0 fully saturated rings. The largest absolute Gasteiger partial charge is 0.468 e. The van der Waals surface area contributed by atoms with E-state index < -0.39 is 23.8 Å². The van der Waals surface area contributed by atoms with Crippen molar-refractivity contribution in [2.75, 3.05) is 7.11 Å². The highest BCUT2D eigenvalue weighted by Gasteiger charge is 2.47. The average molecular weight is 418 g/mol. The zero-order valence-corrected chi connectivity index (χ0v) is 18.2. The highest BCUT2D eigenvalue weighted by molar-refractivity contribution is 7.10. The Kier molecular flexibility index (Phi) is 6.27. The van der Waals surface area contributed by atoms with Gasteiger partial charge in [0.15, 0.2) is 5.78 Å². The molecule has 0 amide bonds. The zero-order valence-electron chi connectivity index (χ0n) is 17.4. The molecule has 1 N–H and O–H groups in total. The molecular formula is C22H27NO5S. The van der Waals surface area contributed by atoms with Crippen LogP contribution >= 0.6 is 11.3 Å². The third kappa shape index (κ3) is 3.88. The van der Waals surface area contributed by atoms with Crippen LogP contribution in [0.1, 0.15) is 51.3 Å². The van der Waals surface area contributed by atoms with Gasteiger partial charge in [0.25, 0.3) is 0 Å². The Hall–Kier alpha value is -2.41. The number of hydrogen-bond acceptors (Lipinski definition) is 7. The molecule has 4 atom stereocenters. The second-order valence-corrected chi connectivity index (χ2v) is 8.65. The maximum atomic E-state index is 13.5. The van der Waals surface area contributed by atoms with Crippen molar-refractivity contribution in [1.82, 2.24) is 5.32 Å². The van der Waals surface area contributed by atoms with Crippen LogP contribution in [0.25, 0.3) is 0 Å². The maximum absolute atomic E-state index is 13.5. The first-order chi connectivity index (χ1) is 13.8. The topological polar surface area (TPSA) is 81.7 Å². The van der Waals surface area contributed by atoms with Crippen LogP contribution in [0.5, 0.6) is 0 Å². The second kappa shape index (κ2) is 8.53. The summed E-state index contributed by atoms with van der Waals surface area (Å²) in [5.41, 5.74) is 2.37. The molecule has 0 aromatic carbocycles. The summed E-state index contributed by atoms with van der Waals surface area (Å²) < 4.78 is 10.5. The van der Waals surface area contributed by atoms with Crippen molar-refractivity contribution in [3.63, 3.8) is 0 Å².